The van der Waals surface area contributed by atoms with Crippen molar-refractivity contribution < 1.29 is 13.3 Å². The summed E-state index contributed by atoms with van der Waals surface area (Å²) in [6, 6.07) is 0. The third-order valence-electron chi connectivity index (χ3n) is 3.85. The van der Waals surface area contributed by atoms with Crippen LogP contribution in [-0.2, 0) is 5.67 Å². The molecule has 9 heteroatoms. The number of halogens is 3. The minimum Gasteiger partial charge on any atom is -0.354 e. The molecule has 0 N–H and O–H groups in total. The van der Waals surface area contributed by atoms with Crippen LogP contribution in [-0.4, -0.2) is 33.2 Å². The van der Waals surface area contributed by atoms with Crippen molar-refractivity contribution in [3.8, 4) is 0 Å². The van der Waals surface area contributed by atoms with Gasteiger partial charge in [0.05, 0.1) is 0 Å². The van der Waals surface area contributed by atoms with Crippen molar-refractivity contribution >= 4 is 17.4 Å². The van der Waals surface area contributed by atoms with Gasteiger partial charge in [-0.05, 0) is 26.7 Å². The fourth-order valence-electron chi connectivity index (χ4n) is 2.54. The van der Waals surface area contributed by atoms with Crippen LogP contribution < -0.4 is 4.90 Å². The smallest absolute Gasteiger partial charge is 0.230 e. The molecule has 0 spiro atoms. The Bertz CT molecular complexity index is 695. The molecule has 6 nitrogen and oxygen atoms in total. The summed E-state index contributed by atoms with van der Waals surface area (Å²) >= 11 is 5.68. The highest BCUT2D eigenvalue weighted by molar-refractivity contribution is 6.29. The van der Waals surface area contributed by atoms with Gasteiger partial charge in [0.2, 0.25) is 17.5 Å². The van der Waals surface area contributed by atoms with Crippen LogP contribution in [0.5, 0.6) is 0 Å². The van der Waals surface area contributed by atoms with E-state index in [1.54, 1.807) is 4.90 Å². The third-order valence-corrected chi connectivity index (χ3v) is 4.11. The predicted octanol–water partition coefficient (Wildman–Crippen LogP) is 3.24. The Labute approximate surface area is 136 Å². The monoisotopic (exact) mass is 343 g/mol. The van der Waals surface area contributed by atoms with Crippen LogP contribution in [0.1, 0.15) is 44.3 Å². The fraction of sp³-hybridized carbons (Fsp3) is 0.571. The number of hydrogen-bond acceptors (Lipinski definition) is 6. The number of piperidine rings is 1. The number of aromatic nitrogens is 4. The molecule has 0 radical (unpaired) electrons. The van der Waals surface area contributed by atoms with Gasteiger partial charge in [-0.3, -0.25) is 0 Å². The highest BCUT2D eigenvalue weighted by Crippen LogP contribution is 2.32. The average molecular weight is 344 g/mol. The van der Waals surface area contributed by atoms with Crippen LogP contribution in [0.2, 0.25) is 5.15 Å². The lowest BCUT2D eigenvalue weighted by Crippen LogP contribution is -2.34. The summed E-state index contributed by atoms with van der Waals surface area (Å²) in [7, 11) is 0. The van der Waals surface area contributed by atoms with Gasteiger partial charge in [-0.25, -0.2) is 14.4 Å². The fourth-order valence-corrected chi connectivity index (χ4v) is 2.67. The van der Waals surface area contributed by atoms with E-state index in [1.807, 2.05) is 0 Å². The van der Waals surface area contributed by atoms with Crippen molar-refractivity contribution in [2.24, 2.45) is 0 Å². The van der Waals surface area contributed by atoms with E-state index in [-0.39, 0.29) is 22.7 Å². The maximum absolute atomic E-state index is 14.0. The van der Waals surface area contributed by atoms with Crippen molar-refractivity contribution in [3.63, 3.8) is 0 Å². The van der Waals surface area contributed by atoms with Crippen molar-refractivity contribution in [2.75, 3.05) is 18.0 Å². The van der Waals surface area contributed by atoms with Crippen molar-refractivity contribution in [1.82, 2.24) is 20.1 Å². The Balaban J connectivity index is 1.69. The first-order valence-electron chi connectivity index (χ1n) is 7.30. The summed E-state index contributed by atoms with van der Waals surface area (Å²) in [5, 5.41) is 3.50. The molecule has 0 atom stereocenters. The molecular formula is C14H16ClF2N5O. The Kier molecular flexibility index (Phi) is 4.18. The molecule has 0 bridgehead atoms. The highest BCUT2D eigenvalue weighted by Gasteiger charge is 2.31. The lowest BCUT2D eigenvalue weighted by Gasteiger charge is -2.31. The highest BCUT2D eigenvalue weighted by atomic mass is 35.5. The molecule has 0 saturated carbocycles. The molecule has 1 aliphatic heterocycles. The van der Waals surface area contributed by atoms with Gasteiger partial charge in [-0.2, -0.15) is 9.37 Å². The van der Waals surface area contributed by atoms with E-state index < -0.39 is 11.5 Å². The topological polar surface area (TPSA) is 67.9 Å². The molecule has 0 aliphatic carbocycles. The zero-order valence-electron chi connectivity index (χ0n) is 12.8. The van der Waals surface area contributed by atoms with Crippen LogP contribution >= 0.6 is 11.6 Å². The summed E-state index contributed by atoms with van der Waals surface area (Å²) in [6.07, 6.45) is 2.59. The first-order valence-corrected chi connectivity index (χ1v) is 7.68. The van der Waals surface area contributed by atoms with E-state index in [2.05, 4.69) is 20.1 Å². The average Bonchev–Trinajstić information content (AvgIpc) is 3.00. The van der Waals surface area contributed by atoms with Crippen molar-refractivity contribution in [3.05, 3.63) is 29.0 Å². The number of rotatable bonds is 3. The van der Waals surface area contributed by atoms with Gasteiger partial charge in [-0.1, -0.05) is 16.8 Å². The second kappa shape index (κ2) is 5.99. The second-order valence-electron chi connectivity index (χ2n) is 5.99. The van der Waals surface area contributed by atoms with Crippen LogP contribution in [0.25, 0.3) is 0 Å². The van der Waals surface area contributed by atoms with Crippen LogP contribution in [0.4, 0.5) is 14.6 Å². The van der Waals surface area contributed by atoms with E-state index in [9.17, 15) is 8.78 Å². The van der Waals surface area contributed by atoms with Crippen LogP contribution in [0.15, 0.2) is 10.9 Å². The Hall–Kier alpha value is -1.83. The predicted molar refractivity (Wildman–Crippen MR) is 79.6 cm³/mol. The summed E-state index contributed by atoms with van der Waals surface area (Å²) in [4.78, 5) is 13.5. The minimum atomic E-state index is -1.64. The molecule has 3 heterocycles. The summed E-state index contributed by atoms with van der Waals surface area (Å²) < 4.78 is 32.9. The second-order valence-corrected chi connectivity index (χ2v) is 6.35. The lowest BCUT2D eigenvalue weighted by atomic mass is 9.96. The van der Waals surface area contributed by atoms with Crippen LogP contribution in [0, 0.1) is 5.82 Å². The van der Waals surface area contributed by atoms with Gasteiger partial charge in [0.25, 0.3) is 0 Å². The molecule has 0 aromatic carbocycles. The number of alkyl halides is 1. The molecule has 1 fully saturated rings. The van der Waals surface area contributed by atoms with Gasteiger partial charge in [0, 0.05) is 19.0 Å². The standard InChI is InChI=1S/C14H16ClF2N5O/c1-14(2,17)13-20-12(23-21-13)8-3-5-22(6-4-8)11-9(16)10(15)18-7-19-11/h7-8H,3-6H2,1-2H3. The molecule has 3 rings (SSSR count). The zero-order chi connectivity index (χ0) is 16.6. The van der Waals surface area contributed by atoms with E-state index >= 15 is 0 Å². The molecular weight excluding hydrogens is 328 g/mol. The SMILES string of the molecule is CC(C)(F)c1noc(C2CCN(c3ncnc(Cl)c3F)CC2)n1. The van der Waals surface area contributed by atoms with Crippen molar-refractivity contribution in [2.45, 2.75) is 38.3 Å². The molecule has 2 aromatic heterocycles. The van der Waals surface area contributed by atoms with Gasteiger partial charge >= 0.3 is 0 Å². The number of anilines is 1. The van der Waals surface area contributed by atoms with Gasteiger partial charge in [0.15, 0.2) is 16.6 Å². The Morgan fingerprint density at radius 3 is 2.61 bits per heavy atom. The van der Waals surface area contributed by atoms with E-state index in [4.69, 9.17) is 16.1 Å². The van der Waals surface area contributed by atoms with Gasteiger partial charge < -0.3 is 9.42 Å². The van der Waals surface area contributed by atoms with E-state index in [1.165, 1.54) is 20.2 Å². The summed E-state index contributed by atoms with van der Waals surface area (Å²) in [5.74, 6) is 0.0665. The maximum Gasteiger partial charge on any atom is 0.230 e. The number of nitrogens with zero attached hydrogens (tertiary/aromatic N) is 5. The van der Waals surface area contributed by atoms with Crippen LogP contribution in [0.3, 0.4) is 0 Å². The quantitative estimate of drug-likeness (QED) is 0.797. The Morgan fingerprint density at radius 1 is 1.30 bits per heavy atom. The first kappa shape index (κ1) is 16.0. The van der Waals surface area contributed by atoms with Gasteiger partial charge in [0.1, 0.15) is 6.33 Å². The molecule has 2 aromatic rings. The number of hydrogen-bond donors (Lipinski definition) is 0. The normalized spacial score (nSPS) is 16.8. The Morgan fingerprint density at radius 2 is 2.00 bits per heavy atom. The molecule has 23 heavy (non-hydrogen) atoms. The lowest BCUT2D eigenvalue weighted by molar-refractivity contribution is 0.198. The minimum absolute atomic E-state index is 0.0234. The zero-order valence-corrected chi connectivity index (χ0v) is 13.5. The van der Waals surface area contributed by atoms with E-state index in [0.717, 1.165) is 0 Å². The summed E-state index contributed by atoms with van der Waals surface area (Å²) in [5.41, 5.74) is -1.64. The molecule has 0 unspecified atom stereocenters. The molecule has 124 valence electrons. The van der Waals surface area contributed by atoms with Crippen molar-refractivity contribution in [1.29, 1.82) is 0 Å². The maximum atomic E-state index is 14.0. The van der Waals surface area contributed by atoms with E-state index in [0.29, 0.717) is 31.8 Å². The molecule has 0 amide bonds. The third kappa shape index (κ3) is 3.26. The molecule has 1 saturated heterocycles. The summed E-state index contributed by atoms with van der Waals surface area (Å²) in [6.45, 7) is 3.88. The molecule has 1 aliphatic rings. The van der Waals surface area contributed by atoms with Gasteiger partial charge in [-0.15, -0.1) is 0 Å². The first-order chi connectivity index (χ1) is 10.9. The largest absolute Gasteiger partial charge is 0.354 e.